The van der Waals surface area contributed by atoms with Crippen LogP contribution in [0.15, 0.2) is 58.3 Å². The first kappa shape index (κ1) is 19.8. The van der Waals surface area contributed by atoms with E-state index in [-0.39, 0.29) is 17.1 Å². The zero-order valence-electron chi connectivity index (χ0n) is 16.8. The zero-order valence-corrected chi connectivity index (χ0v) is 17.6. The fourth-order valence-electron chi connectivity index (χ4n) is 3.62. The summed E-state index contributed by atoms with van der Waals surface area (Å²) in [6.45, 7) is 6.41. The van der Waals surface area contributed by atoms with Crippen molar-refractivity contribution >= 4 is 17.7 Å². The summed E-state index contributed by atoms with van der Waals surface area (Å²) in [4.78, 5) is 15.3. The van der Waals surface area contributed by atoms with Crippen LogP contribution in [0.3, 0.4) is 0 Å². The van der Waals surface area contributed by atoms with Crippen LogP contribution in [0, 0.1) is 0 Å². The fraction of sp³-hybridized carbons (Fsp3) is 0.409. The van der Waals surface area contributed by atoms with E-state index in [1.165, 1.54) is 11.8 Å². The number of aromatic nitrogens is 3. The van der Waals surface area contributed by atoms with Gasteiger partial charge in [-0.2, -0.15) is 0 Å². The molecular weight excluding hydrogens is 384 g/mol. The van der Waals surface area contributed by atoms with Gasteiger partial charge in [0.2, 0.25) is 5.91 Å². The number of rotatable bonds is 7. The molecule has 152 valence electrons. The number of furan rings is 1. The van der Waals surface area contributed by atoms with E-state index in [2.05, 4.69) is 28.6 Å². The maximum absolute atomic E-state index is 13.3. The third kappa shape index (κ3) is 4.40. The molecule has 3 aromatic rings. The van der Waals surface area contributed by atoms with E-state index in [0.717, 1.165) is 48.2 Å². The molecule has 1 atom stereocenters. The third-order valence-electron chi connectivity index (χ3n) is 5.12. The minimum absolute atomic E-state index is 0.150. The molecule has 0 spiro atoms. The Morgan fingerprint density at radius 2 is 1.86 bits per heavy atom. The van der Waals surface area contributed by atoms with Crippen molar-refractivity contribution in [2.45, 2.75) is 49.6 Å². The molecule has 6 nitrogen and oxygen atoms in total. The number of carbonyl (C=O) groups is 1. The number of hydrogen-bond donors (Lipinski definition) is 0. The first-order valence-electron chi connectivity index (χ1n) is 10.1. The van der Waals surface area contributed by atoms with Gasteiger partial charge in [0.1, 0.15) is 16.8 Å². The molecule has 7 heteroatoms. The predicted octanol–water partition coefficient (Wildman–Crippen LogP) is 4.50. The number of nitrogens with zero attached hydrogens (tertiary/aromatic N) is 4. The van der Waals surface area contributed by atoms with E-state index >= 15 is 0 Å². The molecule has 0 bridgehead atoms. The van der Waals surface area contributed by atoms with Gasteiger partial charge in [-0.3, -0.25) is 9.36 Å². The smallest absolute Gasteiger partial charge is 0.240 e. The van der Waals surface area contributed by atoms with Gasteiger partial charge in [0.05, 0.1) is 12.8 Å². The number of carbonyl (C=O) groups excluding carboxylic acids is 1. The van der Waals surface area contributed by atoms with Gasteiger partial charge in [0.15, 0.2) is 5.16 Å². The van der Waals surface area contributed by atoms with Gasteiger partial charge in [-0.05, 0) is 30.5 Å². The molecule has 1 fully saturated rings. The minimum Gasteiger partial charge on any atom is -0.467 e. The Morgan fingerprint density at radius 1 is 1.10 bits per heavy atom. The third-order valence-corrected chi connectivity index (χ3v) is 6.35. The lowest BCUT2D eigenvalue weighted by Gasteiger charge is -2.23. The molecule has 29 heavy (non-hydrogen) atoms. The van der Waals surface area contributed by atoms with Crippen LogP contribution in [0.25, 0.3) is 0 Å². The number of likely N-dealkylation sites (tertiary alicyclic amines) is 1. The van der Waals surface area contributed by atoms with Gasteiger partial charge >= 0.3 is 0 Å². The Hall–Kier alpha value is -2.54. The summed E-state index contributed by atoms with van der Waals surface area (Å²) in [6.07, 6.45) is 3.82. The SMILES string of the molecule is CC(C)c1nnc(SC(C(=O)N2CCCC2)c2ccccc2)n1Cc1ccco1. The van der Waals surface area contributed by atoms with Gasteiger partial charge in [-0.15, -0.1) is 10.2 Å². The summed E-state index contributed by atoms with van der Waals surface area (Å²) >= 11 is 1.48. The lowest BCUT2D eigenvalue weighted by Crippen LogP contribution is -2.31. The monoisotopic (exact) mass is 410 g/mol. The molecule has 1 aromatic carbocycles. The summed E-state index contributed by atoms with van der Waals surface area (Å²) in [6, 6.07) is 13.8. The molecule has 1 amide bonds. The standard InChI is InChI=1S/C22H26N4O2S/c1-16(2)20-23-24-22(26(20)15-18-11-8-14-28-18)29-19(17-9-4-3-5-10-17)21(27)25-12-6-7-13-25/h3-5,8-11,14,16,19H,6-7,12-13,15H2,1-2H3. The van der Waals surface area contributed by atoms with Crippen molar-refractivity contribution in [3.05, 3.63) is 65.9 Å². The molecule has 1 aliphatic rings. The van der Waals surface area contributed by atoms with Crippen molar-refractivity contribution in [2.75, 3.05) is 13.1 Å². The first-order chi connectivity index (χ1) is 14.1. The zero-order chi connectivity index (χ0) is 20.2. The number of thioether (sulfide) groups is 1. The average molecular weight is 411 g/mol. The second kappa shape index (κ2) is 8.86. The number of hydrogen-bond acceptors (Lipinski definition) is 5. The van der Waals surface area contributed by atoms with Crippen LogP contribution in [0.5, 0.6) is 0 Å². The van der Waals surface area contributed by atoms with Gasteiger partial charge in [0.25, 0.3) is 0 Å². The first-order valence-corrected chi connectivity index (χ1v) is 11.0. The minimum atomic E-state index is -0.339. The maximum Gasteiger partial charge on any atom is 0.240 e. The number of amides is 1. The van der Waals surface area contributed by atoms with Crippen molar-refractivity contribution in [3.8, 4) is 0 Å². The molecule has 1 saturated heterocycles. The lowest BCUT2D eigenvalue weighted by atomic mass is 10.1. The fourth-order valence-corrected chi connectivity index (χ4v) is 4.75. The quantitative estimate of drug-likeness (QED) is 0.537. The van der Waals surface area contributed by atoms with Crippen LogP contribution < -0.4 is 0 Å². The molecular formula is C22H26N4O2S. The van der Waals surface area contributed by atoms with Crippen LogP contribution in [0.2, 0.25) is 0 Å². The molecule has 0 radical (unpaired) electrons. The van der Waals surface area contributed by atoms with E-state index < -0.39 is 0 Å². The second-order valence-electron chi connectivity index (χ2n) is 7.60. The Bertz CT molecular complexity index is 931. The normalized spacial score (nSPS) is 15.2. The van der Waals surface area contributed by atoms with Crippen LogP contribution in [0.4, 0.5) is 0 Å². The summed E-state index contributed by atoms with van der Waals surface area (Å²) in [5, 5.41) is 9.28. The van der Waals surface area contributed by atoms with Crippen LogP contribution in [0.1, 0.15) is 55.0 Å². The van der Waals surface area contributed by atoms with Crippen LogP contribution in [-0.2, 0) is 11.3 Å². The molecule has 0 N–H and O–H groups in total. The highest BCUT2D eigenvalue weighted by Gasteiger charge is 2.31. The molecule has 2 aromatic heterocycles. The van der Waals surface area contributed by atoms with Crippen molar-refractivity contribution in [1.29, 1.82) is 0 Å². The van der Waals surface area contributed by atoms with Crippen LogP contribution in [-0.4, -0.2) is 38.7 Å². The van der Waals surface area contributed by atoms with E-state index in [4.69, 9.17) is 4.42 Å². The Morgan fingerprint density at radius 3 is 2.52 bits per heavy atom. The Kier molecular flexibility index (Phi) is 6.04. The van der Waals surface area contributed by atoms with E-state index in [9.17, 15) is 4.79 Å². The highest BCUT2D eigenvalue weighted by Crippen LogP contribution is 2.37. The molecule has 4 rings (SSSR count). The molecule has 0 saturated carbocycles. The second-order valence-corrected chi connectivity index (χ2v) is 8.67. The maximum atomic E-state index is 13.3. The summed E-state index contributed by atoms with van der Waals surface area (Å²) in [7, 11) is 0. The lowest BCUT2D eigenvalue weighted by molar-refractivity contribution is -0.129. The predicted molar refractivity (Wildman–Crippen MR) is 113 cm³/mol. The average Bonchev–Trinajstić information content (AvgIpc) is 3.49. The molecule has 1 unspecified atom stereocenters. The highest BCUT2D eigenvalue weighted by molar-refractivity contribution is 8.00. The van der Waals surface area contributed by atoms with Crippen molar-refractivity contribution in [3.63, 3.8) is 0 Å². The van der Waals surface area contributed by atoms with Crippen molar-refractivity contribution in [2.24, 2.45) is 0 Å². The topological polar surface area (TPSA) is 64.2 Å². The Labute approximate surface area is 175 Å². The van der Waals surface area contributed by atoms with Crippen LogP contribution >= 0.6 is 11.8 Å². The summed E-state index contributed by atoms with van der Waals surface area (Å²) in [5.41, 5.74) is 0.994. The van der Waals surface area contributed by atoms with Gasteiger partial charge in [0, 0.05) is 19.0 Å². The highest BCUT2D eigenvalue weighted by atomic mass is 32.2. The molecule has 0 aliphatic carbocycles. The largest absolute Gasteiger partial charge is 0.467 e. The van der Waals surface area contributed by atoms with Crippen molar-refractivity contribution in [1.82, 2.24) is 19.7 Å². The van der Waals surface area contributed by atoms with E-state index in [0.29, 0.717) is 6.54 Å². The van der Waals surface area contributed by atoms with Crippen molar-refractivity contribution < 1.29 is 9.21 Å². The van der Waals surface area contributed by atoms with Gasteiger partial charge in [-0.1, -0.05) is 55.9 Å². The summed E-state index contributed by atoms with van der Waals surface area (Å²) in [5.74, 6) is 2.11. The van der Waals surface area contributed by atoms with E-state index in [1.54, 1.807) is 6.26 Å². The Balaban J connectivity index is 1.67. The number of benzene rings is 1. The molecule has 1 aliphatic heterocycles. The van der Waals surface area contributed by atoms with Gasteiger partial charge < -0.3 is 9.32 Å². The molecule has 3 heterocycles. The van der Waals surface area contributed by atoms with Gasteiger partial charge in [-0.25, -0.2) is 0 Å². The summed E-state index contributed by atoms with van der Waals surface area (Å²) < 4.78 is 7.62. The van der Waals surface area contributed by atoms with E-state index in [1.807, 2.05) is 47.4 Å².